The Morgan fingerprint density at radius 2 is 1.70 bits per heavy atom. The SMILES string of the molecule is C[C@@H](O)[C@H](NC(=O)[C@H]1[C@@H](C(=O)O)[C@H]2C=C[C@H]1C2)C(=O)O. The molecule has 20 heavy (non-hydrogen) atoms. The fraction of sp³-hybridized carbons (Fsp3) is 0.615. The molecule has 2 aliphatic rings. The number of rotatable bonds is 5. The van der Waals surface area contributed by atoms with Crippen LogP contribution in [0.1, 0.15) is 13.3 Å². The molecule has 0 saturated heterocycles. The predicted molar refractivity (Wildman–Crippen MR) is 66.6 cm³/mol. The molecule has 0 aliphatic heterocycles. The summed E-state index contributed by atoms with van der Waals surface area (Å²) in [5.41, 5.74) is 0. The number of allylic oxidation sites excluding steroid dienone is 2. The summed E-state index contributed by atoms with van der Waals surface area (Å²) in [4.78, 5) is 34.4. The van der Waals surface area contributed by atoms with E-state index in [1.54, 1.807) is 6.08 Å². The van der Waals surface area contributed by atoms with Gasteiger partial charge in [0.2, 0.25) is 5.91 Å². The maximum Gasteiger partial charge on any atom is 0.328 e. The van der Waals surface area contributed by atoms with E-state index >= 15 is 0 Å². The number of aliphatic hydroxyl groups excluding tert-OH is 1. The highest BCUT2D eigenvalue weighted by molar-refractivity contribution is 5.90. The second kappa shape index (κ2) is 5.24. The van der Waals surface area contributed by atoms with Crippen molar-refractivity contribution in [3.63, 3.8) is 0 Å². The van der Waals surface area contributed by atoms with Gasteiger partial charge in [-0.05, 0) is 25.2 Å². The molecule has 1 fully saturated rings. The fourth-order valence-corrected chi connectivity index (χ4v) is 3.15. The van der Waals surface area contributed by atoms with Crippen LogP contribution in [0.3, 0.4) is 0 Å². The Balaban J connectivity index is 2.14. The van der Waals surface area contributed by atoms with Crippen LogP contribution in [0.25, 0.3) is 0 Å². The van der Waals surface area contributed by atoms with E-state index in [9.17, 15) is 24.6 Å². The minimum Gasteiger partial charge on any atom is -0.481 e. The molecule has 2 rings (SSSR count). The number of fused-ring (bicyclic) bond motifs is 2. The molecule has 110 valence electrons. The maximum absolute atomic E-state index is 12.2. The first-order valence-corrected chi connectivity index (χ1v) is 6.45. The van der Waals surface area contributed by atoms with Crippen molar-refractivity contribution >= 4 is 17.8 Å². The molecule has 4 N–H and O–H groups in total. The van der Waals surface area contributed by atoms with Crippen LogP contribution in [-0.4, -0.2) is 45.3 Å². The third kappa shape index (κ3) is 2.40. The molecule has 7 nitrogen and oxygen atoms in total. The van der Waals surface area contributed by atoms with Gasteiger partial charge in [0.15, 0.2) is 6.04 Å². The van der Waals surface area contributed by atoms with Crippen LogP contribution in [0, 0.1) is 23.7 Å². The van der Waals surface area contributed by atoms with Gasteiger partial charge in [-0.15, -0.1) is 0 Å². The van der Waals surface area contributed by atoms with Crippen molar-refractivity contribution in [2.24, 2.45) is 23.7 Å². The maximum atomic E-state index is 12.2. The molecule has 0 aromatic carbocycles. The van der Waals surface area contributed by atoms with Crippen molar-refractivity contribution in [2.75, 3.05) is 0 Å². The zero-order valence-electron chi connectivity index (χ0n) is 10.9. The average molecular weight is 283 g/mol. The number of aliphatic carboxylic acids is 2. The molecule has 6 atom stereocenters. The number of amides is 1. The Hall–Kier alpha value is -1.89. The smallest absolute Gasteiger partial charge is 0.328 e. The highest BCUT2D eigenvalue weighted by atomic mass is 16.4. The lowest BCUT2D eigenvalue weighted by molar-refractivity contribution is -0.149. The summed E-state index contributed by atoms with van der Waals surface area (Å²) < 4.78 is 0. The molecule has 0 heterocycles. The van der Waals surface area contributed by atoms with E-state index in [1.807, 2.05) is 6.08 Å². The molecule has 2 bridgehead atoms. The van der Waals surface area contributed by atoms with Crippen LogP contribution in [0.4, 0.5) is 0 Å². The molecule has 2 aliphatic carbocycles. The van der Waals surface area contributed by atoms with Crippen LogP contribution in [0.5, 0.6) is 0 Å². The number of hydrogen-bond donors (Lipinski definition) is 4. The molecule has 0 aromatic rings. The first kappa shape index (κ1) is 14.5. The van der Waals surface area contributed by atoms with Crippen molar-refractivity contribution in [3.8, 4) is 0 Å². The van der Waals surface area contributed by atoms with Crippen molar-refractivity contribution in [3.05, 3.63) is 12.2 Å². The summed E-state index contributed by atoms with van der Waals surface area (Å²) in [6.07, 6.45) is 2.96. The van der Waals surface area contributed by atoms with Crippen LogP contribution in [0.15, 0.2) is 12.2 Å². The number of carboxylic acid groups (broad SMARTS) is 2. The minimum atomic E-state index is -1.43. The normalized spacial score (nSPS) is 33.7. The summed E-state index contributed by atoms with van der Waals surface area (Å²) in [6.45, 7) is 1.26. The van der Waals surface area contributed by atoms with Crippen LogP contribution in [-0.2, 0) is 14.4 Å². The number of carboxylic acids is 2. The average Bonchev–Trinajstić information content (AvgIpc) is 2.94. The molecular weight excluding hydrogens is 266 g/mol. The predicted octanol–water partition coefficient (Wildman–Crippen LogP) is -0.540. The monoisotopic (exact) mass is 283 g/mol. The zero-order valence-corrected chi connectivity index (χ0v) is 10.9. The molecule has 1 amide bonds. The Labute approximate surface area is 115 Å². The molecule has 0 spiro atoms. The highest BCUT2D eigenvalue weighted by Gasteiger charge is 2.52. The lowest BCUT2D eigenvalue weighted by Crippen LogP contribution is -2.51. The van der Waals surface area contributed by atoms with Gasteiger partial charge in [-0.1, -0.05) is 12.2 Å². The second-order valence-corrected chi connectivity index (χ2v) is 5.40. The van der Waals surface area contributed by atoms with E-state index in [1.165, 1.54) is 6.92 Å². The summed E-state index contributed by atoms with van der Waals surface area (Å²) in [5, 5.41) is 29.8. The number of carbonyl (C=O) groups excluding carboxylic acids is 1. The van der Waals surface area contributed by atoms with Gasteiger partial charge in [0, 0.05) is 0 Å². The van der Waals surface area contributed by atoms with E-state index in [0.29, 0.717) is 6.42 Å². The van der Waals surface area contributed by atoms with Crippen LogP contribution in [0.2, 0.25) is 0 Å². The first-order chi connectivity index (χ1) is 9.32. The Morgan fingerprint density at radius 3 is 2.15 bits per heavy atom. The highest BCUT2D eigenvalue weighted by Crippen LogP contribution is 2.48. The van der Waals surface area contributed by atoms with Gasteiger partial charge in [-0.25, -0.2) is 4.79 Å². The van der Waals surface area contributed by atoms with E-state index in [4.69, 9.17) is 5.11 Å². The molecule has 1 saturated carbocycles. The van der Waals surface area contributed by atoms with Crippen molar-refractivity contribution in [1.29, 1.82) is 0 Å². The number of carbonyl (C=O) groups is 3. The Morgan fingerprint density at radius 1 is 1.15 bits per heavy atom. The lowest BCUT2D eigenvalue weighted by Gasteiger charge is -2.26. The minimum absolute atomic E-state index is 0.176. The van der Waals surface area contributed by atoms with Crippen LogP contribution < -0.4 is 5.32 Å². The number of aliphatic hydroxyl groups is 1. The molecule has 0 radical (unpaired) electrons. The molecule has 0 aromatic heterocycles. The Kier molecular flexibility index (Phi) is 3.80. The van der Waals surface area contributed by atoms with Crippen LogP contribution >= 0.6 is 0 Å². The van der Waals surface area contributed by atoms with Gasteiger partial charge in [0.05, 0.1) is 17.9 Å². The summed E-state index contributed by atoms with van der Waals surface area (Å²) >= 11 is 0. The Bertz CT molecular complexity index is 471. The van der Waals surface area contributed by atoms with E-state index in [2.05, 4.69) is 5.32 Å². The lowest BCUT2D eigenvalue weighted by atomic mass is 9.82. The quantitative estimate of drug-likeness (QED) is 0.502. The third-order valence-electron chi connectivity index (χ3n) is 4.09. The standard InChI is InChI=1S/C13H17NO6/c1-5(15)10(13(19)20)14-11(16)8-6-2-3-7(4-6)9(8)12(17)18/h2-3,5-10,15H,4H2,1H3,(H,14,16)(H,17,18)(H,19,20)/t5-,6+,7+,8-,9+,10+/m1/s1. The number of nitrogens with one attached hydrogen (secondary N) is 1. The van der Waals surface area contributed by atoms with Crippen molar-refractivity contribution in [2.45, 2.75) is 25.5 Å². The fourth-order valence-electron chi connectivity index (χ4n) is 3.15. The van der Waals surface area contributed by atoms with E-state index in [-0.39, 0.29) is 11.8 Å². The van der Waals surface area contributed by atoms with Gasteiger partial charge in [0.1, 0.15) is 0 Å². The first-order valence-electron chi connectivity index (χ1n) is 6.45. The summed E-state index contributed by atoms with van der Waals surface area (Å²) in [7, 11) is 0. The molecular formula is C13H17NO6. The van der Waals surface area contributed by atoms with Crippen molar-refractivity contribution in [1.82, 2.24) is 5.32 Å². The van der Waals surface area contributed by atoms with Gasteiger partial charge in [0.25, 0.3) is 0 Å². The largest absolute Gasteiger partial charge is 0.481 e. The second-order valence-electron chi connectivity index (χ2n) is 5.40. The summed E-state index contributed by atoms with van der Waals surface area (Å²) in [6, 6.07) is -1.43. The zero-order chi connectivity index (χ0) is 15.0. The molecule has 0 unspecified atom stereocenters. The van der Waals surface area contributed by atoms with E-state index < -0.39 is 41.8 Å². The van der Waals surface area contributed by atoms with Gasteiger partial charge >= 0.3 is 11.9 Å². The topological polar surface area (TPSA) is 124 Å². The molecule has 7 heteroatoms. The third-order valence-corrected chi connectivity index (χ3v) is 4.09. The van der Waals surface area contributed by atoms with Crippen molar-refractivity contribution < 1.29 is 29.7 Å². The number of hydrogen-bond acceptors (Lipinski definition) is 4. The van der Waals surface area contributed by atoms with E-state index in [0.717, 1.165) is 0 Å². The van der Waals surface area contributed by atoms with Gasteiger partial charge in [-0.2, -0.15) is 0 Å². The van der Waals surface area contributed by atoms with Gasteiger partial charge in [-0.3, -0.25) is 9.59 Å². The van der Waals surface area contributed by atoms with Gasteiger partial charge < -0.3 is 20.6 Å². The summed E-state index contributed by atoms with van der Waals surface area (Å²) in [5.74, 6) is -4.98.